The summed E-state index contributed by atoms with van der Waals surface area (Å²) in [4.78, 5) is 35.2. The molecule has 0 spiro atoms. The zero-order valence-corrected chi connectivity index (χ0v) is 11.0. The molecule has 0 heterocycles. The van der Waals surface area contributed by atoms with Gasteiger partial charge in [-0.05, 0) is 6.07 Å². The maximum atomic E-state index is 12.6. The Hall–Kier alpha value is -2.82. The Bertz CT molecular complexity index is 752. The van der Waals surface area contributed by atoms with Gasteiger partial charge in [-0.1, -0.05) is 41.6 Å². The number of hydrogen-bond acceptors (Lipinski definition) is 5. The molecule has 0 amide bonds. The maximum absolute atomic E-state index is 12.6. The molecule has 0 N–H and O–H groups in total. The van der Waals surface area contributed by atoms with E-state index in [0.717, 1.165) is 0 Å². The molecule has 0 fully saturated rings. The second kappa shape index (κ2) is 5.28. The van der Waals surface area contributed by atoms with E-state index in [1.807, 2.05) is 0 Å². The van der Waals surface area contributed by atoms with Crippen molar-refractivity contribution in [2.45, 2.75) is 0 Å². The first-order valence-corrected chi connectivity index (χ1v) is 6.47. The lowest BCUT2D eigenvalue weighted by atomic mass is 9.83. The van der Waals surface area contributed by atoms with Gasteiger partial charge < -0.3 is 4.74 Å². The minimum Gasteiger partial charge on any atom is -0.491 e. The van der Waals surface area contributed by atoms with Crippen LogP contribution >= 0.6 is 0 Å². The van der Waals surface area contributed by atoms with Crippen LogP contribution in [0.4, 0.5) is 0 Å². The topological polar surface area (TPSA) is 72.8 Å². The highest BCUT2D eigenvalue weighted by atomic mass is 16.5. The van der Waals surface area contributed by atoms with Crippen LogP contribution in [0.2, 0.25) is 0 Å². The van der Waals surface area contributed by atoms with Gasteiger partial charge in [0.25, 0.3) is 0 Å². The molecular weight excluding hydrogens is 270 g/mol. The van der Waals surface area contributed by atoms with Gasteiger partial charge in [0.1, 0.15) is 18.9 Å². The third kappa shape index (κ3) is 2.12. The zero-order chi connectivity index (χ0) is 14.8. The number of carbonyl (C=O) groups excluding carboxylic acids is 2. The smallest absolute Gasteiger partial charge is 0.198 e. The molecule has 21 heavy (non-hydrogen) atoms. The summed E-state index contributed by atoms with van der Waals surface area (Å²) in [5.74, 6) is -0.127. The average molecular weight is 281 g/mol. The fourth-order valence-electron chi connectivity index (χ4n) is 2.43. The number of nitroso groups, excluding NO2 is 1. The number of rotatable bonds is 4. The predicted octanol–water partition coefficient (Wildman–Crippen LogP) is 2.61. The van der Waals surface area contributed by atoms with Crippen LogP contribution in [0, 0.1) is 4.91 Å². The third-order valence-electron chi connectivity index (χ3n) is 3.35. The number of carbonyl (C=O) groups is 2. The minimum absolute atomic E-state index is 0.0115. The van der Waals surface area contributed by atoms with E-state index in [9.17, 15) is 14.5 Å². The lowest BCUT2D eigenvalue weighted by Gasteiger charge is -2.19. The Kier molecular flexibility index (Phi) is 3.31. The summed E-state index contributed by atoms with van der Waals surface area (Å²) in [6.07, 6.45) is 0. The molecule has 0 radical (unpaired) electrons. The van der Waals surface area contributed by atoms with E-state index >= 15 is 0 Å². The van der Waals surface area contributed by atoms with Crippen molar-refractivity contribution in [1.29, 1.82) is 0 Å². The molecule has 0 aliphatic heterocycles. The molecule has 5 heteroatoms. The van der Waals surface area contributed by atoms with E-state index in [-0.39, 0.29) is 30.3 Å². The summed E-state index contributed by atoms with van der Waals surface area (Å²) < 4.78 is 5.41. The lowest BCUT2D eigenvalue weighted by Crippen LogP contribution is -2.22. The highest BCUT2D eigenvalue weighted by Crippen LogP contribution is 2.33. The van der Waals surface area contributed by atoms with Gasteiger partial charge in [0.2, 0.25) is 0 Å². The van der Waals surface area contributed by atoms with Gasteiger partial charge in [-0.15, -0.1) is 0 Å². The zero-order valence-electron chi connectivity index (χ0n) is 11.0. The molecule has 2 aromatic carbocycles. The monoisotopic (exact) mass is 281 g/mol. The summed E-state index contributed by atoms with van der Waals surface area (Å²) in [5.41, 5.74) is 1.36. The van der Waals surface area contributed by atoms with E-state index in [1.165, 1.54) is 0 Å². The molecule has 0 atom stereocenters. The van der Waals surface area contributed by atoms with Crippen molar-refractivity contribution >= 4 is 11.6 Å². The molecule has 1 aliphatic rings. The van der Waals surface area contributed by atoms with Gasteiger partial charge in [-0.3, -0.25) is 9.59 Å². The van der Waals surface area contributed by atoms with Crippen molar-refractivity contribution in [2.24, 2.45) is 5.18 Å². The SMILES string of the molecule is O=NCCOc1cccc2c1C(=O)c1ccccc1C2=O. The summed E-state index contributed by atoms with van der Waals surface area (Å²) in [6.45, 7) is 0.0610. The van der Waals surface area contributed by atoms with Gasteiger partial charge in [-0.2, -0.15) is 4.91 Å². The fraction of sp³-hybridized carbons (Fsp3) is 0.125. The van der Waals surface area contributed by atoms with Crippen molar-refractivity contribution in [1.82, 2.24) is 0 Å². The number of ether oxygens (including phenoxy) is 1. The molecule has 0 aromatic heterocycles. The number of benzene rings is 2. The van der Waals surface area contributed by atoms with Crippen molar-refractivity contribution in [3.63, 3.8) is 0 Å². The van der Waals surface area contributed by atoms with Gasteiger partial charge in [0.15, 0.2) is 11.6 Å². The van der Waals surface area contributed by atoms with E-state index in [0.29, 0.717) is 22.4 Å². The van der Waals surface area contributed by atoms with Crippen LogP contribution in [0.5, 0.6) is 5.75 Å². The molecule has 104 valence electrons. The summed E-state index contributed by atoms with van der Waals surface area (Å²) in [5, 5.41) is 2.71. The van der Waals surface area contributed by atoms with Gasteiger partial charge in [0.05, 0.1) is 5.56 Å². The summed E-state index contributed by atoms with van der Waals surface area (Å²) in [7, 11) is 0. The average Bonchev–Trinajstić information content (AvgIpc) is 2.53. The Morgan fingerprint density at radius 1 is 0.857 bits per heavy atom. The Morgan fingerprint density at radius 2 is 1.52 bits per heavy atom. The van der Waals surface area contributed by atoms with Crippen molar-refractivity contribution in [3.8, 4) is 5.75 Å². The van der Waals surface area contributed by atoms with Gasteiger partial charge in [0, 0.05) is 16.7 Å². The number of ketones is 2. The van der Waals surface area contributed by atoms with Gasteiger partial charge >= 0.3 is 0 Å². The van der Waals surface area contributed by atoms with Crippen molar-refractivity contribution < 1.29 is 14.3 Å². The van der Waals surface area contributed by atoms with E-state index in [1.54, 1.807) is 42.5 Å². The summed E-state index contributed by atoms with van der Waals surface area (Å²) in [6, 6.07) is 11.6. The third-order valence-corrected chi connectivity index (χ3v) is 3.35. The van der Waals surface area contributed by atoms with Gasteiger partial charge in [-0.25, -0.2) is 0 Å². The molecule has 5 nitrogen and oxygen atoms in total. The first-order chi connectivity index (χ1) is 10.2. The van der Waals surface area contributed by atoms with Crippen LogP contribution in [0.3, 0.4) is 0 Å². The Labute approximate surface area is 120 Å². The highest BCUT2D eigenvalue weighted by Gasteiger charge is 2.31. The molecule has 0 bridgehead atoms. The highest BCUT2D eigenvalue weighted by molar-refractivity contribution is 6.29. The first-order valence-electron chi connectivity index (χ1n) is 6.47. The second-order valence-electron chi connectivity index (χ2n) is 4.58. The quantitative estimate of drug-likeness (QED) is 0.544. The van der Waals surface area contributed by atoms with Crippen LogP contribution in [-0.4, -0.2) is 24.7 Å². The Balaban J connectivity index is 2.10. The van der Waals surface area contributed by atoms with Crippen molar-refractivity contribution in [2.75, 3.05) is 13.2 Å². The van der Waals surface area contributed by atoms with E-state index in [4.69, 9.17) is 4.74 Å². The van der Waals surface area contributed by atoms with Crippen LogP contribution in [-0.2, 0) is 0 Å². The minimum atomic E-state index is -0.241. The number of fused-ring (bicyclic) bond motifs is 2. The van der Waals surface area contributed by atoms with E-state index in [2.05, 4.69) is 5.18 Å². The lowest BCUT2D eigenvalue weighted by molar-refractivity contribution is 0.0975. The molecular formula is C16H11NO4. The second-order valence-corrected chi connectivity index (χ2v) is 4.58. The van der Waals surface area contributed by atoms with Crippen LogP contribution in [0.25, 0.3) is 0 Å². The fourth-order valence-corrected chi connectivity index (χ4v) is 2.43. The first kappa shape index (κ1) is 13.2. The molecule has 3 rings (SSSR count). The largest absolute Gasteiger partial charge is 0.491 e. The van der Waals surface area contributed by atoms with E-state index < -0.39 is 0 Å². The maximum Gasteiger partial charge on any atom is 0.198 e. The molecule has 0 saturated heterocycles. The van der Waals surface area contributed by atoms with Crippen LogP contribution in [0.1, 0.15) is 31.8 Å². The number of nitrogens with zero attached hydrogens (tertiary/aromatic N) is 1. The number of hydrogen-bond donors (Lipinski definition) is 0. The van der Waals surface area contributed by atoms with Crippen molar-refractivity contribution in [3.05, 3.63) is 69.6 Å². The Morgan fingerprint density at radius 3 is 2.24 bits per heavy atom. The summed E-state index contributed by atoms with van der Waals surface area (Å²) >= 11 is 0. The molecule has 0 unspecified atom stereocenters. The molecule has 2 aromatic rings. The molecule has 1 aliphatic carbocycles. The van der Waals surface area contributed by atoms with Crippen LogP contribution < -0.4 is 4.74 Å². The van der Waals surface area contributed by atoms with Crippen LogP contribution in [0.15, 0.2) is 47.6 Å². The molecule has 0 saturated carbocycles. The predicted molar refractivity (Wildman–Crippen MR) is 75.9 cm³/mol. The standard InChI is InChI=1S/C16H11NO4/c18-15-10-4-1-2-5-11(10)16(19)14-12(15)6-3-7-13(14)21-9-8-17-20/h1-7H,8-9H2. The normalized spacial score (nSPS) is 12.6.